The highest BCUT2D eigenvalue weighted by Crippen LogP contribution is 2.13. The van der Waals surface area contributed by atoms with Crippen LogP contribution in [0.5, 0.6) is 5.75 Å². The van der Waals surface area contributed by atoms with Crippen molar-refractivity contribution >= 4 is 21.9 Å². The van der Waals surface area contributed by atoms with Crippen LogP contribution in [0.1, 0.15) is 12.5 Å². The van der Waals surface area contributed by atoms with Crippen LogP contribution in [0.25, 0.3) is 0 Å². The van der Waals surface area contributed by atoms with E-state index < -0.39 is 0 Å². The van der Waals surface area contributed by atoms with Crippen LogP contribution in [0.3, 0.4) is 0 Å². The number of halogens is 1. The molecule has 0 saturated heterocycles. The average Bonchev–Trinajstić information content (AvgIpc) is 2.42. The Morgan fingerprint density at radius 1 is 1.32 bits per heavy atom. The number of benzene rings is 1. The maximum Gasteiger partial charge on any atom is 0.303 e. The number of rotatable bonds is 8. The number of alkyl halides is 1. The zero-order valence-corrected chi connectivity index (χ0v) is 12.8. The molecule has 0 radical (unpaired) electrons. The maximum atomic E-state index is 10.9. The molecule has 0 fully saturated rings. The van der Waals surface area contributed by atoms with Crippen LogP contribution in [-0.2, 0) is 20.7 Å². The molecule has 0 bridgehead atoms. The Morgan fingerprint density at radius 2 is 2.00 bits per heavy atom. The number of esters is 1. The van der Waals surface area contributed by atoms with E-state index in [9.17, 15) is 4.79 Å². The summed E-state index contributed by atoms with van der Waals surface area (Å²) < 4.78 is 15.7. The third-order valence-electron chi connectivity index (χ3n) is 2.46. The van der Waals surface area contributed by atoms with Gasteiger partial charge < -0.3 is 14.2 Å². The molecular weight excluding hydrogens is 312 g/mol. The van der Waals surface area contributed by atoms with Crippen molar-refractivity contribution in [3.05, 3.63) is 29.8 Å². The van der Waals surface area contributed by atoms with E-state index >= 15 is 0 Å². The highest BCUT2D eigenvalue weighted by molar-refractivity contribution is 9.09. The lowest BCUT2D eigenvalue weighted by Gasteiger charge is -2.15. The van der Waals surface area contributed by atoms with Crippen LogP contribution in [0.2, 0.25) is 0 Å². The Balaban J connectivity index is 2.42. The van der Waals surface area contributed by atoms with Crippen LogP contribution in [-0.4, -0.2) is 37.7 Å². The van der Waals surface area contributed by atoms with Crippen LogP contribution in [0.4, 0.5) is 0 Å². The van der Waals surface area contributed by atoms with Gasteiger partial charge in [0.2, 0.25) is 0 Å². The van der Waals surface area contributed by atoms with Crippen LogP contribution < -0.4 is 4.74 Å². The summed E-state index contributed by atoms with van der Waals surface area (Å²) in [5.41, 5.74) is 1.20. The minimum absolute atomic E-state index is 0.273. The van der Waals surface area contributed by atoms with Crippen molar-refractivity contribution in [2.45, 2.75) is 19.4 Å². The van der Waals surface area contributed by atoms with E-state index in [-0.39, 0.29) is 12.1 Å². The van der Waals surface area contributed by atoms with Gasteiger partial charge in [-0.1, -0.05) is 28.1 Å². The summed E-state index contributed by atoms with van der Waals surface area (Å²) in [5.74, 6) is 0.460. The quantitative estimate of drug-likeness (QED) is 0.543. The van der Waals surface area contributed by atoms with Gasteiger partial charge in [0.1, 0.15) is 18.5 Å². The van der Waals surface area contributed by atoms with Gasteiger partial charge in [0.25, 0.3) is 0 Å². The lowest BCUT2D eigenvalue weighted by Crippen LogP contribution is -2.25. The van der Waals surface area contributed by atoms with E-state index in [0.717, 1.165) is 12.2 Å². The molecule has 19 heavy (non-hydrogen) atoms. The fraction of sp³-hybridized carbons (Fsp3) is 0.500. The van der Waals surface area contributed by atoms with E-state index in [2.05, 4.69) is 15.9 Å². The van der Waals surface area contributed by atoms with Crippen molar-refractivity contribution in [2.75, 3.05) is 25.7 Å². The third kappa shape index (κ3) is 6.59. The molecule has 1 aromatic rings. The number of carbonyl (C=O) groups excluding carboxylic acids is 1. The molecule has 0 aliphatic rings. The van der Waals surface area contributed by atoms with E-state index in [1.54, 1.807) is 7.11 Å². The summed E-state index contributed by atoms with van der Waals surface area (Å²) in [6.07, 6.45) is 0.611. The van der Waals surface area contributed by atoms with Crippen molar-refractivity contribution in [3.8, 4) is 5.75 Å². The van der Waals surface area contributed by atoms with Gasteiger partial charge in [-0.25, -0.2) is 0 Å². The highest BCUT2D eigenvalue weighted by atomic mass is 79.9. The summed E-state index contributed by atoms with van der Waals surface area (Å²) in [6.45, 7) is 2.43. The predicted molar refractivity (Wildman–Crippen MR) is 76.9 cm³/mol. The number of methoxy groups -OCH3 is 1. The lowest BCUT2D eigenvalue weighted by atomic mass is 10.1. The largest absolute Gasteiger partial charge is 0.490 e. The van der Waals surface area contributed by atoms with E-state index in [0.29, 0.717) is 18.5 Å². The zero-order chi connectivity index (χ0) is 14.1. The number of ether oxygens (including phenoxy) is 3. The Hall–Kier alpha value is -1.07. The van der Waals surface area contributed by atoms with Gasteiger partial charge in [-0.15, -0.1) is 0 Å². The van der Waals surface area contributed by atoms with E-state index in [1.165, 1.54) is 12.5 Å². The summed E-state index contributed by atoms with van der Waals surface area (Å²) in [6, 6.07) is 7.82. The Bertz CT molecular complexity index is 378. The Morgan fingerprint density at radius 3 is 2.53 bits per heavy atom. The summed E-state index contributed by atoms with van der Waals surface area (Å²) in [7, 11) is 1.69. The van der Waals surface area contributed by atoms with Crippen molar-refractivity contribution in [2.24, 2.45) is 0 Å². The number of carbonyl (C=O) groups is 1. The van der Waals surface area contributed by atoms with Crippen LogP contribution >= 0.6 is 15.9 Å². The predicted octanol–water partition coefficient (Wildman–Crippen LogP) is 2.58. The molecule has 1 aromatic carbocycles. The summed E-state index contributed by atoms with van der Waals surface area (Å²) >= 11 is 3.29. The molecule has 0 spiro atoms. The molecule has 0 heterocycles. The fourth-order valence-electron chi connectivity index (χ4n) is 1.51. The van der Waals surface area contributed by atoms with Crippen molar-refractivity contribution in [3.63, 3.8) is 0 Å². The van der Waals surface area contributed by atoms with Gasteiger partial charge >= 0.3 is 5.97 Å². The molecule has 1 unspecified atom stereocenters. The zero-order valence-electron chi connectivity index (χ0n) is 11.2. The van der Waals surface area contributed by atoms with Gasteiger partial charge in [-0.3, -0.25) is 4.79 Å². The molecule has 0 saturated carbocycles. The summed E-state index contributed by atoms with van der Waals surface area (Å²) in [5, 5.41) is 0.554. The van der Waals surface area contributed by atoms with Crippen molar-refractivity contribution in [1.29, 1.82) is 0 Å². The monoisotopic (exact) mass is 330 g/mol. The molecule has 0 N–H and O–H groups in total. The molecule has 0 aliphatic heterocycles. The van der Waals surface area contributed by atoms with E-state index in [1.807, 2.05) is 24.3 Å². The standard InChI is InChI=1S/C14H19BrO4/c1-11(16)19-14(9-15)10-18-13-5-3-12(4-6-13)7-8-17-2/h3-6,14H,7-10H2,1-2H3. The molecule has 0 aromatic heterocycles. The molecule has 5 heteroatoms. The maximum absolute atomic E-state index is 10.9. The molecule has 1 rings (SSSR count). The molecule has 1 atom stereocenters. The highest BCUT2D eigenvalue weighted by Gasteiger charge is 2.11. The first-order valence-electron chi connectivity index (χ1n) is 6.09. The first kappa shape index (κ1) is 16.0. The topological polar surface area (TPSA) is 44.8 Å². The van der Waals surface area contributed by atoms with Crippen LogP contribution in [0.15, 0.2) is 24.3 Å². The normalized spacial score (nSPS) is 11.9. The second-order valence-corrected chi connectivity index (χ2v) is 4.73. The Kier molecular flexibility index (Phi) is 7.52. The first-order valence-corrected chi connectivity index (χ1v) is 7.21. The minimum atomic E-state index is -0.303. The molecular formula is C14H19BrO4. The number of hydrogen-bond donors (Lipinski definition) is 0. The van der Waals surface area contributed by atoms with Gasteiger partial charge in [0, 0.05) is 19.4 Å². The first-order chi connectivity index (χ1) is 9.15. The summed E-state index contributed by atoms with van der Waals surface area (Å²) in [4.78, 5) is 10.9. The fourth-order valence-corrected chi connectivity index (χ4v) is 1.83. The van der Waals surface area contributed by atoms with Gasteiger partial charge in [-0.05, 0) is 24.1 Å². The van der Waals surface area contributed by atoms with E-state index in [4.69, 9.17) is 14.2 Å². The molecule has 4 nitrogen and oxygen atoms in total. The van der Waals surface area contributed by atoms with Crippen molar-refractivity contribution < 1.29 is 19.0 Å². The second kappa shape index (κ2) is 8.93. The van der Waals surface area contributed by atoms with Crippen LogP contribution in [0, 0.1) is 0 Å². The Labute approximate surface area is 122 Å². The van der Waals surface area contributed by atoms with Gasteiger partial charge in [0.05, 0.1) is 6.61 Å². The lowest BCUT2D eigenvalue weighted by molar-refractivity contribution is -0.146. The minimum Gasteiger partial charge on any atom is -0.490 e. The molecule has 106 valence electrons. The number of hydrogen-bond acceptors (Lipinski definition) is 4. The van der Waals surface area contributed by atoms with Crippen molar-refractivity contribution in [1.82, 2.24) is 0 Å². The average molecular weight is 331 g/mol. The van der Waals surface area contributed by atoms with Gasteiger partial charge in [-0.2, -0.15) is 0 Å². The molecule has 0 aliphatic carbocycles. The smallest absolute Gasteiger partial charge is 0.303 e. The SMILES string of the molecule is COCCc1ccc(OCC(CBr)OC(C)=O)cc1. The van der Waals surface area contributed by atoms with Gasteiger partial charge in [0.15, 0.2) is 0 Å². The molecule has 0 amide bonds. The third-order valence-corrected chi connectivity index (χ3v) is 3.18. The second-order valence-electron chi connectivity index (χ2n) is 4.08.